The van der Waals surface area contributed by atoms with Gasteiger partial charge in [-0.2, -0.15) is 10.1 Å². The van der Waals surface area contributed by atoms with Crippen LogP contribution in [0.5, 0.6) is 0 Å². The fraction of sp³-hybridized carbons (Fsp3) is 0.562. The predicted molar refractivity (Wildman–Crippen MR) is 92.2 cm³/mol. The molecule has 1 atom stereocenters. The number of aromatic nitrogens is 6. The molecular formula is C16H22N8O. The van der Waals surface area contributed by atoms with Gasteiger partial charge in [-0.3, -0.25) is 9.58 Å². The summed E-state index contributed by atoms with van der Waals surface area (Å²) >= 11 is 0. The molecule has 25 heavy (non-hydrogen) atoms. The molecule has 132 valence electrons. The highest BCUT2D eigenvalue weighted by molar-refractivity contribution is 5.86. The van der Waals surface area contributed by atoms with Gasteiger partial charge in [0.2, 0.25) is 5.89 Å². The molecule has 0 aromatic carbocycles. The first-order chi connectivity index (χ1) is 12.2. The van der Waals surface area contributed by atoms with Crippen LogP contribution in [-0.4, -0.2) is 61.0 Å². The maximum Gasteiger partial charge on any atom is 0.243 e. The van der Waals surface area contributed by atoms with Gasteiger partial charge in [0.15, 0.2) is 11.5 Å². The van der Waals surface area contributed by atoms with E-state index in [0.29, 0.717) is 5.89 Å². The van der Waals surface area contributed by atoms with Gasteiger partial charge in [0.1, 0.15) is 12.1 Å². The zero-order valence-corrected chi connectivity index (χ0v) is 14.8. The summed E-state index contributed by atoms with van der Waals surface area (Å²) in [5.41, 5.74) is 0.860. The van der Waals surface area contributed by atoms with Crippen molar-refractivity contribution in [3.63, 3.8) is 0 Å². The fourth-order valence-electron chi connectivity index (χ4n) is 3.26. The van der Waals surface area contributed by atoms with Crippen molar-refractivity contribution >= 4 is 16.9 Å². The third-order valence-electron chi connectivity index (χ3n) is 4.83. The molecule has 3 aromatic rings. The monoisotopic (exact) mass is 342 g/mol. The number of hydrogen-bond acceptors (Lipinski definition) is 8. The van der Waals surface area contributed by atoms with E-state index in [1.165, 1.54) is 0 Å². The number of aryl methyl sites for hydroxylation is 2. The van der Waals surface area contributed by atoms with Crippen LogP contribution in [0.3, 0.4) is 0 Å². The van der Waals surface area contributed by atoms with E-state index in [9.17, 15) is 0 Å². The third kappa shape index (κ3) is 2.84. The standard InChI is InChI=1S/C16H22N8O/c1-4-13-20-16(25-21-13)11(2)23-5-7-24(8-6-23)15-12-9-19-22(3)14(12)17-10-18-15/h9-11H,4-8H2,1-3H3/t11-/m1/s1. The lowest BCUT2D eigenvalue weighted by molar-refractivity contribution is 0.164. The molecule has 1 aliphatic heterocycles. The van der Waals surface area contributed by atoms with E-state index >= 15 is 0 Å². The molecule has 0 unspecified atom stereocenters. The van der Waals surface area contributed by atoms with Gasteiger partial charge in [0.25, 0.3) is 0 Å². The Balaban J connectivity index is 1.47. The minimum Gasteiger partial charge on any atom is -0.353 e. The van der Waals surface area contributed by atoms with Crippen LogP contribution in [0.15, 0.2) is 17.0 Å². The summed E-state index contributed by atoms with van der Waals surface area (Å²) in [5.74, 6) is 2.42. The van der Waals surface area contributed by atoms with Gasteiger partial charge < -0.3 is 9.42 Å². The average Bonchev–Trinajstić information content (AvgIpc) is 3.28. The first-order valence-electron chi connectivity index (χ1n) is 8.61. The Morgan fingerprint density at radius 2 is 2.00 bits per heavy atom. The fourth-order valence-corrected chi connectivity index (χ4v) is 3.26. The Hall–Kier alpha value is -2.55. The summed E-state index contributed by atoms with van der Waals surface area (Å²) in [6.45, 7) is 7.75. The van der Waals surface area contributed by atoms with Gasteiger partial charge in [0.05, 0.1) is 17.6 Å². The molecule has 9 heteroatoms. The van der Waals surface area contributed by atoms with Crippen molar-refractivity contribution in [2.75, 3.05) is 31.1 Å². The second-order valence-corrected chi connectivity index (χ2v) is 6.30. The number of hydrogen-bond donors (Lipinski definition) is 0. The molecule has 0 radical (unpaired) electrons. The highest BCUT2D eigenvalue weighted by Crippen LogP contribution is 2.26. The molecule has 1 aliphatic rings. The van der Waals surface area contributed by atoms with Crippen LogP contribution in [0.1, 0.15) is 31.6 Å². The van der Waals surface area contributed by atoms with Crippen LogP contribution in [0.2, 0.25) is 0 Å². The van der Waals surface area contributed by atoms with E-state index in [2.05, 4.69) is 41.9 Å². The molecule has 4 heterocycles. The molecule has 0 saturated carbocycles. The van der Waals surface area contributed by atoms with Crippen LogP contribution in [0.25, 0.3) is 11.0 Å². The summed E-state index contributed by atoms with van der Waals surface area (Å²) in [7, 11) is 1.90. The highest BCUT2D eigenvalue weighted by Gasteiger charge is 2.27. The van der Waals surface area contributed by atoms with Gasteiger partial charge in [-0.05, 0) is 6.92 Å². The van der Waals surface area contributed by atoms with E-state index in [-0.39, 0.29) is 6.04 Å². The van der Waals surface area contributed by atoms with E-state index in [0.717, 1.165) is 55.3 Å². The van der Waals surface area contributed by atoms with Crippen molar-refractivity contribution in [3.05, 3.63) is 24.2 Å². The molecule has 0 spiro atoms. The molecule has 3 aromatic heterocycles. The predicted octanol–water partition coefficient (Wildman–Crippen LogP) is 1.19. The molecule has 0 amide bonds. The molecule has 0 N–H and O–H groups in total. The summed E-state index contributed by atoms with van der Waals surface area (Å²) in [6.07, 6.45) is 4.24. The van der Waals surface area contributed by atoms with E-state index in [1.807, 2.05) is 20.2 Å². The Labute approximate surface area is 145 Å². The number of fused-ring (bicyclic) bond motifs is 1. The van der Waals surface area contributed by atoms with Crippen LogP contribution < -0.4 is 4.90 Å². The molecule has 9 nitrogen and oxygen atoms in total. The zero-order valence-electron chi connectivity index (χ0n) is 14.8. The lowest BCUT2D eigenvalue weighted by Crippen LogP contribution is -2.47. The summed E-state index contributed by atoms with van der Waals surface area (Å²) < 4.78 is 7.17. The first kappa shape index (κ1) is 15.9. The molecular weight excluding hydrogens is 320 g/mol. The van der Waals surface area contributed by atoms with Gasteiger partial charge in [-0.25, -0.2) is 9.97 Å². The van der Waals surface area contributed by atoms with Crippen molar-refractivity contribution in [1.82, 2.24) is 34.8 Å². The largest absolute Gasteiger partial charge is 0.353 e. The van der Waals surface area contributed by atoms with Crippen molar-refractivity contribution < 1.29 is 4.52 Å². The third-order valence-corrected chi connectivity index (χ3v) is 4.83. The van der Waals surface area contributed by atoms with Crippen molar-refractivity contribution in [2.45, 2.75) is 26.3 Å². The molecule has 0 aliphatic carbocycles. The summed E-state index contributed by atoms with van der Waals surface area (Å²) in [4.78, 5) is 17.9. The SMILES string of the molecule is CCc1noc([C@@H](C)N2CCN(c3ncnc4c3cnn4C)CC2)n1. The molecule has 1 fully saturated rings. The van der Waals surface area contributed by atoms with Gasteiger partial charge >= 0.3 is 0 Å². The van der Waals surface area contributed by atoms with Crippen LogP contribution in [0.4, 0.5) is 5.82 Å². The van der Waals surface area contributed by atoms with Crippen molar-refractivity contribution in [2.24, 2.45) is 7.05 Å². The van der Waals surface area contributed by atoms with Crippen LogP contribution in [0, 0.1) is 0 Å². The van der Waals surface area contributed by atoms with Crippen LogP contribution in [-0.2, 0) is 13.5 Å². The topological polar surface area (TPSA) is 89.0 Å². The first-order valence-corrected chi connectivity index (χ1v) is 8.61. The van der Waals surface area contributed by atoms with Gasteiger partial charge in [0, 0.05) is 39.6 Å². The normalized spacial score (nSPS) is 17.3. The number of piperazine rings is 1. The van der Waals surface area contributed by atoms with E-state index < -0.39 is 0 Å². The maximum atomic E-state index is 5.39. The second kappa shape index (κ2) is 6.40. The van der Waals surface area contributed by atoms with Gasteiger partial charge in [-0.1, -0.05) is 12.1 Å². The van der Waals surface area contributed by atoms with Crippen molar-refractivity contribution in [3.8, 4) is 0 Å². The summed E-state index contributed by atoms with van der Waals surface area (Å²) in [6, 6.07) is 0.124. The average molecular weight is 342 g/mol. The van der Waals surface area contributed by atoms with Gasteiger partial charge in [-0.15, -0.1) is 0 Å². The van der Waals surface area contributed by atoms with Crippen LogP contribution >= 0.6 is 0 Å². The minimum absolute atomic E-state index is 0.124. The highest BCUT2D eigenvalue weighted by atomic mass is 16.5. The molecule has 4 rings (SSSR count). The van der Waals surface area contributed by atoms with E-state index in [1.54, 1.807) is 11.0 Å². The second-order valence-electron chi connectivity index (χ2n) is 6.30. The number of rotatable bonds is 4. The Morgan fingerprint density at radius 1 is 1.20 bits per heavy atom. The quantitative estimate of drug-likeness (QED) is 0.698. The number of nitrogens with zero attached hydrogens (tertiary/aromatic N) is 8. The minimum atomic E-state index is 0.124. The van der Waals surface area contributed by atoms with E-state index in [4.69, 9.17) is 4.52 Å². The molecule has 1 saturated heterocycles. The molecule has 0 bridgehead atoms. The Morgan fingerprint density at radius 3 is 2.72 bits per heavy atom. The lowest BCUT2D eigenvalue weighted by Gasteiger charge is -2.37. The Kier molecular flexibility index (Phi) is 4.08. The van der Waals surface area contributed by atoms with Crippen molar-refractivity contribution in [1.29, 1.82) is 0 Å². The smallest absolute Gasteiger partial charge is 0.243 e. The number of anilines is 1. The summed E-state index contributed by atoms with van der Waals surface area (Å²) in [5, 5.41) is 9.29. The Bertz CT molecular complexity index is 864. The lowest BCUT2D eigenvalue weighted by atomic mass is 10.2. The maximum absolute atomic E-state index is 5.39. The zero-order chi connectivity index (χ0) is 17.4.